The van der Waals surface area contributed by atoms with Gasteiger partial charge in [-0.05, 0) is 100 Å². The van der Waals surface area contributed by atoms with Crippen LogP contribution in [-0.4, -0.2) is 19.9 Å². The molecule has 51 heavy (non-hydrogen) atoms. The van der Waals surface area contributed by atoms with Crippen molar-refractivity contribution < 1.29 is 0 Å². The zero-order chi connectivity index (χ0) is 35.5. The van der Waals surface area contributed by atoms with E-state index in [-0.39, 0.29) is 10.8 Å². The average molecular weight is 663 g/mol. The van der Waals surface area contributed by atoms with E-state index in [4.69, 9.17) is 9.97 Å². The van der Waals surface area contributed by atoms with E-state index in [0.717, 1.165) is 61.0 Å². The highest BCUT2D eigenvalue weighted by Gasteiger charge is 2.20. The Labute approximate surface area is 298 Å². The van der Waals surface area contributed by atoms with Crippen molar-refractivity contribution >= 4 is 60.9 Å². The van der Waals surface area contributed by atoms with Crippen molar-refractivity contribution in [1.29, 1.82) is 5.26 Å². The van der Waals surface area contributed by atoms with Gasteiger partial charge in [0, 0.05) is 45.8 Å². The largest absolute Gasteiger partial charge is 0.311 e. The summed E-state index contributed by atoms with van der Waals surface area (Å²) in [7, 11) is 0. The predicted molar refractivity (Wildman–Crippen MR) is 210 cm³/mol. The van der Waals surface area contributed by atoms with Crippen molar-refractivity contribution in [2.45, 2.75) is 52.4 Å². The molecule has 0 fully saturated rings. The molecule has 6 heteroatoms. The van der Waals surface area contributed by atoms with Crippen LogP contribution in [-0.2, 0) is 10.8 Å². The molecule has 0 spiro atoms. The smallest absolute Gasteiger partial charge is 0.0999 e. The van der Waals surface area contributed by atoms with Crippen LogP contribution in [0.25, 0.3) is 55.0 Å². The second kappa shape index (κ2) is 12.0. The second-order valence-corrected chi connectivity index (χ2v) is 15.2. The minimum absolute atomic E-state index is 0.0588. The van der Waals surface area contributed by atoms with Crippen LogP contribution in [0.4, 0.5) is 17.1 Å². The van der Waals surface area contributed by atoms with Gasteiger partial charge in [0.1, 0.15) is 0 Å². The molecule has 0 saturated heterocycles. The van der Waals surface area contributed by atoms with Crippen LogP contribution >= 0.6 is 0 Å². The van der Waals surface area contributed by atoms with Crippen LogP contribution in [0.1, 0.15) is 58.2 Å². The number of nitrogens with zero attached hydrogens (tertiary/aromatic N) is 6. The van der Waals surface area contributed by atoms with Crippen molar-refractivity contribution in [2.75, 3.05) is 4.90 Å². The third kappa shape index (κ3) is 5.71. The van der Waals surface area contributed by atoms with Gasteiger partial charge in [0.05, 0.1) is 44.7 Å². The molecule has 0 atom stereocenters. The van der Waals surface area contributed by atoms with Crippen molar-refractivity contribution in [3.63, 3.8) is 0 Å². The number of hydrogen-bond donors (Lipinski definition) is 0. The summed E-state index contributed by atoms with van der Waals surface area (Å²) in [5, 5.41) is 12.1. The Kier molecular flexibility index (Phi) is 7.54. The standard InChI is InChI=1S/C45H38N6/c1-44(2,3)30-13-19-33(20-14-30)51(34-21-15-31(16-22-34)45(4,5)6)32-17-11-28(12-18-32)37-26-39-38(25-29(37)27-46)49-42-35-9-7-23-47-40(35)41-36(43(42)50-39)10-8-24-48-41/h7-26H,1-6H3. The Bertz CT molecular complexity index is 2580. The molecule has 3 heterocycles. The van der Waals surface area contributed by atoms with Gasteiger partial charge in [-0.25, -0.2) is 9.97 Å². The highest BCUT2D eigenvalue weighted by molar-refractivity contribution is 6.21. The molecule has 0 radical (unpaired) electrons. The summed E-state index contributed by atoms with van der Waals surface area (Å²) < 4.78 is 0. The van der Waals surface area contributed by atoms with Crippen LogP contribution in [0.3, 0.4) is 0 Å². The quantitative estimate of drug-likeness (QED) is 0.138. The third-order valence-electron chi connectivity index (χ3n) is 9.69. The number of hydrogen-bond acceptors (Lipinski definition) is 6. The van der Waals surface area contributed by atoms with E-state index >= 15 is 0 Å². The van der Waals surface area contributed by atoms with Crippen molar-refractivity contribution in [2.24, 2.45) is 0 Å². The van der Waals surface area contributed by atoms with Gasteiger partial charge in [-0.2, -0.15) is 5.26 Å². The summed E-state index contributed by atoms with van der Waals surface area (Å²) >= 11 is 0. The minimum Gasteiger partial charge on any atom is -0.311 e. The van der Waals surface area contributed by atoms with E-state index in [1.165, 1.54) is 11.1 Å². The first kappa shape index (κ1) is 32.0. The molecule has 8 aromatic rings. The van der Waals surface area contributed by atoms with E-state index in [1.807, 2.05) is 36.4 Å². The lowest BCUT2D eigenvalue weighted by Crippen LogP contribution is -2.14. The molecule has 8 rings (SSSR count). The maximum Gasteiger partial charge on any atom is 0.0999 e. The summed E-state index contributed by atoms with van der Waals surface area (Å²) in [6.07, 6.45) is 3.55. The molecular formula is C45H38N6. The monoisotopic (exact) mass is 662 g/mol. The fourth-order valence-electron chi connectivity index (χ4n) is 6.84. The topological polar surface area (TPSA) is 78.6 Å². The molecule has 0 aliphatic rings. The zero-order valence-electron chi connectivity index (χ0n) is 29.7. The van der Waals surface area contributed by atoms with Gasteiger partial charge >= 0.3 is 0 Å². The van der Waals surface area contributed by atoms with Gasteiger partial charge in [-0.1, -0.05) is 77.9 Å². The first-order valence-corrected chi connectivity index (χ1v) is 17.3. The molecule has 248 valence electrons. The zero-order valence-corrected chi connectivity index (χ0v) is 29.7. The Hall–Kier alpha value is -6.19. The van der Waals surface area contributed by atoms with Gasteiger partial charge in [-0.3, -0.25) is 9.97 Å². The summed E-state index contributed by atoms with van der Waals surface area (Å²) in [6, 6.07) is 40.2. The molecule has 6 nitrogen and oxygen atoms in total. The lowest BCUT2D eigenvalue weighted by Gasteiger charge is -2.28. The molecule has 0 saturated carbocycles. The van der Waals surface area contributed by atoms with E-state index in [2.05, 4.69) is 135 Å². The van der Waals surface area contributed by atoms with Crippen molar-refractivity contribution in [1.82, 2.24) is 19.9 Å². The number of nitriles is 1. The highest BCUT2D eigenvalue weighted by Crippen LogP contribution is 2.39. The van der Waals surface area contributed by atoms with Crippen LogP contribution < -0.4 is 4.90 Å². The summed E-state index contributed by atoms with van der Waals surface area (Å²) in [4.78, 5) is 21.8. The Morgan fingerprint density at radius 2 is 0.961 bits per heavy atom. The van der Waals surface area contributed by atoms with Crippen LogP contribution in [0.5, 0.6) is 0 Å². The van der Waals surface area contributed by atoms with Gasteiger partial charge in [0.15, 0.2) is 0 Å². The van der Waals surface area contributed by atoms with Gasteiger partial charge in [0.2, 0.25) is 0 Å². The molecule has 0 aliphatic carbocycles. The van der Waals surface area contributed by atoms with E-state index in [9.17, 15) is 5.26 Å². The van der Waals surface area contributed by atoms with Crippen LogP contribution in [0, 0.1) is 11.3 Å². The molecule has 0 unspecified atom stereocenters. The fraction of sp³-hybridized carbons (Fsp3) is 0.178. The molecule has 0 bridgehead atoms. The highest BCUT2D eigenvalue weighted by atomic mass is 15.1. The molecule has 5 aromatic carbocycles. The Balaban J connectivity index is 1.24. The number of aromatic nitrogens is 4. The van der Waals surface area contributed by atoms with Crippen molar-refractivity contribution in [3.05, 3.63) is 138 Å². The molecule has 3 aromatic heterocycles. The summed E-state index contributed by atoms with van der Waals surface area (Å²) in [6.45, 7) is 13.4. The number of rotatable bonds is 4. The molecule has 0 aliphatic heterocycles. The lowest BCUT2D eigenvalue weighted by atomic mass is 9.86. The fourth-order valence-corrected chi connectivity index (χ4v) is 6.84. The number of fused-ring (bicyclic) bond motifs is 7. The van der Waals surface area contributed by atoms with Gasteiger partial charge in [0.25, 0.3) is 0 Å². The summed E-state index contributed by atoms with van der Waals surface area (Å²) in [5.74, 6) is 0. The number of anilines is 3. The maximum absolute atomic E-state index is 10.3. The first-order chi connectivity index (χ1) is 24.5. The maximum atomic E-state index is 10.3. The van der Waals surface area contributed by atoms with E-state index in [1.54, 1.807) is 12.4 Å². The number of pyridine rings is 2. The minimum atomic E-state index is 0.0588. The normalized spacial score (nSPS) is 12.1. The van der Waals surface area contributed by atoms with Crippen molar-refractivity contribution in [3.8, 4) is 17.2 Å². The van der Waals surface area contributed by atoms with Crippen LogP contribution in [0.15, 0.2) is 122 Å². The predicted octanol–water partition coefficient (Wildman–Crippen LogP) is 11.5. The second-order valence-electron chi connectivity index (χ2n) is 15.2. The van der Waals surface area contributed by atoms with Crippen LogP contribution in [0.2, 0.25) is 0 Å². The lowest BCUT2D eigenvalue weighted by molar-refractivity contribution is 0.590. The van der Waals surface area contributed by atoms with Gasteiger partial charge in [-0.15, -0.1) is 0 Å². The van der Waals surface area contributed by atoms with Gasteiger partial charge < -0.3 is 4.90 Å². The summed E-state index contributed by atoms with van der Waals surface area (Å²) in [5.41, 5.74) is 12.6. The Morgan fingerprint density at radius 3 is 1.39 bits per heavy atom. The molecule has 0 amide bonds. The molecular weight excluding hydrogens is 625 g/mol. The number of benzene rings is 5. The Morgan fingerprint density at radius 1 is 0.529 bits per heavy atom. The average Bonchev–Trinajstić information content (AvgIpc) is 3.14. The van der Waals surface area contributed by atoms with E-state index < -0.39 is 0 Å². The SMILES string of the molecule is CC(C)(C)c1ccc(N(c2ccc(-c3cc4nc5c6cccnc6c6ncccc6c5nc4cc3C#N)cc2)c2ccc(C(C)(C)C)cc2)cc1. The molecule has 0 N–H and O–H groups in total. The van der Waals surface area contributed by atoms with E-state index in [0.29, 0.717) is 16.6 Å². The third-order valence-corrected chi connectivity index (χ3v) is 9.69. The first-order valence-electron chi connectivity index (χ1n) is 17.3.